The summed E-state index contributed by atoms with van der Waals surface area (Å²) < 4.78 is 5.64. The van der Waals surface area contributed by atoms with Gasteiger partial charge in [0, 0.05) is 44.3 Å². The third kappa shape index (κ3) is 3.50. The fourth-order valence-electron chi connectivity index (χ4n) is 4.27. The van der Waals surface area contributed by atoms with Crippen molar-refractivity contribution in [1.29, 1.82) is 5.26 Å². The Kier molecular flexibility index (Phi) is 4.99. The molecule has 1 amide bonds. The van der Waals surface area contributed by atoms with E-state index in [9.17, 15) is 10.1 Å². The monoisotopic (exact) mass is 367 g/mol. The lowest BCUT2D eigenvalue weighted by molar-refractivity contribution is -0.132. The Balaban J connectivity index is 1.34. The van der Waals surface area contributed by atoms with Crippen LogP contribution in [-0.2, 0) is 4.79 Å². The fraction of sp³-hybridized carbons (Fsp3) is 0.550. The Morgan fingerprint density at radius 1 is 1.33 bits per heavy atom. The van der Waals surface area contributed by atoms with Gasteiger partial charge in [0.2, 0.25) is 5.91 Å². The van der Waals surface area contributed by atoms with Gasteiger partial charge in [-0.15, -0.1) is 0 Å². The molecule has 2 aliphatic rings. The zero-order valence-corrected chi connectivity index (χ0v) is 15.7. The molecule has 2 saturated heterocycles. The molecule has 4 heterocycles. The number of piperidine rings is 1. The molecule has 2 aromatic heterocycles. The van der Waals surface area contributed by atoms with Gasteiger partial charge in [-0.2, -0.15) is 5.26 Å². The summed E-state index contributed by atoms with van der Waals surface area (Å²) in [6.45, 7) is 2.90. The largest absolute Gasteiger partial charge is 0.462 e. The van der Waals surface area contributed by atoms with Gasteiger partial charge in [0.25, 0.3) is 0 Å². The van der Waals surface area contributed by atoms with Crippen LogP contribution in [0.4, 0.5) is 5.69 Å². The van der Waals surface area contributed by atoms with Crippen molar-refractivity contribution in [2.45, 2.75) is 37.8 Å². The number of pyridine rings is 1. The van der Waals surface area contributed by atoms with Gasteiger partial charge in [0.05, 0.1) is 30.8 Å². The molecular weight excluding hydrogens is 342 g/mol. The number of hydrogen-bond donors (Lipinski definition) is 0. The number of nitrogens with zero attached hydrogens (tertiary/aromatic N) is 5. The number of nitriles is 1. The van der Waals surface area contributed by atoms with Crippen molar-refractivity contribution in [3.63, 3.8) is 0 Å². The molecule has 2 fully saturated rings. The number of fused-ring (bicyclic) bond motifs is 1. The zero-order valence-electron chi connectivity index (χ0n) is 15.7. The van der Waals surface area contributed by atoms with Crippen molar-refractivity contribution in [3.8, 4) is 6.07 Å². The first-order chi connectivity index (χ1) is 13.2. The number of hydrogen-bond acceptors (Lipinski definition) is 6. The minimum Gasteiger partial charge on any atom is -0.462 e. The number of anilines is 1. The fourth-order valence-corrected chi connectivity index (χ4v) is 4.27. The Hall–Kier alpha value is -2.59. The second kappa shape index (κ2) is 7.57. The van der Waals surface area contributed by atoms with Crippen LogP contribution in [0.1, 0.15) is 25.7 Å². The van der Waals surface area contributed by atoms with E-state index < -0.39 is 0 Å². The molecule has 0 aliphatic carbocycles. The Bertz CT molecular complexity index is 849. The predicted octanol–water partition coefficient (Wildman–Crippen LogP) is 2.24. The van der Waals surface area contributed by atoms with Gasteiger partial charge in [-0.1, -0.05) is 0 Å². The normalized spacial score (nSPS) is 21.5. The number of rotatable bonds is 4. The summed E-state index contributed by atoms with van der Waals surface area (Å²) in [6, 6.07) is 4.34. The van der Waals surface area contributed by atoms with Crippen LogP contribution in [0.3, 0.4) is 0 Å². The van der Waals surface area contributed by atoms with Gasteiger partial charge >= 0.3 is 0 Å². The second-order valence-corrected chi connectivity index (χ2v) is 7.49. The van der Waals surface area contributed by atoms with Gasteiger partial charge in [-0.3, -0.25) is 14.7 Å². The predicted molar refractivity (Wildman–Crippen MR) is 102 cm³/mol. The quantitative estimate of drug-likeness (QED) is 0.825. The number of carbonyl (C=O) groups excluding carboxylic acids is 1. The highest BCUT2D eigenvalue weighted by atomic mass is 16.3. The third-order valence-corrected chi connectivity index (χ3v) is 5.90. The Morgan fingerprint density at radius 3 is 2.93 bits per heavy atom. The Morgan fingerprint density at radius 2 is 2.15 bits per heavy atom. The van der Waals surface area contributed by atoms with Crippen LogP contribution in [0.2, 0.25) is 0 Å². The number of amides is 1. The molecule has 0 spiro atoms. The smallest absolute Gasteiger partial charge is 0.237 e. The molecular formula is C20H25N5O2. The molecule has 1 unspecified atom stereocenters. The SMILES string of the molecule is CN(c1cncc2ccoc12)C1CCN(CC(=O)N2CCCC2C#N)CC1. The van der Waals surface area contributed by atoms with E-state index in [2.05, 4.69) is 27.9 Å². The van der Waals surface area contributed by atoms with Crippen LogP contribution in [0.25, 0.3) is 11.0 Å². The Labute approximate surface area is 159 Å². The maximum absolute atomic E-state index is 12.5. The molecule has 2 aromatic rings. The van der Waals surface area contributed by atoms with Crippen molar-refractivity contribution < 1.29 is 9.21 Å². The third-order valence-electron chi connectivity index (χ3n) is 5.90. The van der Waals surface area contributed by atoms with Crippen molar-refractivity contribution >= 4 is 22.6 Å². The van der Waals surface area contributed by atoms with Gasteiger partial charge in [0.1, 0.15) is 6.04 Å². The van der Waals surface area contributed by atoms with Crippen LogP contribution in [-0.4, -0.2) is 66.0 Å². The molecule has 0 aromatic carbocycles. The minimum atomic E-state index is -0.234. The highest BCUT2D eigenvalue weighted by molar-refractivity contribution is 5.88. The van der Waals surface area contributed by atoms with Gasteiger partial charge in [-0.05, 0) is 31.7 Å². The molecule has 0 saturated carbocycles. The van der Waals surface area contributed by atoms with Crippen molar-refractivity contribution in [1.82, 2.24) is 14.8 Å². The van der Waals surface area contributed by atoms with E-state index in [-0.39, 0.29) is 11.9 Å². The molecule has 0 N–H and O–H groups in total. The lowest BCUT2D eigenvalue weighted by Crippen LogP contribution is -2.48. The number of furan rings is 1. The summed E-state index contributed by atoms with van der Waals surface area (Å²) in [5, 5.41) is 10.2. The summed E-state index contributed by atoms with van der Waals surface area (Å²) in [4.78, 5) is 23.1. The van der Waals surface area contributed by atoms with E-state index in [0.717, 1.165) is 62.0 Å². The lowest BCUT2D eigenvalue weighted by Gasteiger charge is -2.37. The van der Waals surface area contributed by atoms with E-state index in [0.29, 0.717) is 12.6 Å². The number of carbonyl (C=O) groups is 1. The first kappa shape index (κ1) is 17.8. The summed E-state index contributed by atoms with van der Waals surface area (Å²) in [5.41, 5.74) is 1.89. The first-order valence-electron chi connectivity index (χ1n) is 9.63. The van der Waals surface area contributed by atoms with E-state index in [1.165, 1.54) is 0 Å². The zero-order chi connectivity index (χ0) is 18.8. The average molecular weight is 367 g/mol. The topological polar surface area (TPSA) is 76.6 Å². The number of aromatic nitrogens is 1. The lowest BCUT2D eigenvalue weighted by atomic mass is 10.0. The number of likely N-dealkylation sites (tertiary alicyclic amines) is 2. The van der Waals surface area contributed by atoms with Crippen LogP contribution in [0, 0.1) is 11.3 Å². The molecule has 0 bridgehead atoms. The van der Waals surface area contributed by atoms with E-state index in [1.54, 1.807) is 11.2 Å². The second-order valence-electron chi connectivity index (χ2n) is 7.49. The molecule has 142 valence electrons. The van der Waals surface area contributed by atoms with Crippen LogP contribution < -0.4 is 4.90 Å². The summed E-state index contributed by atoms with van der Waals surface area (Å²) in [6.07, 6.45) is 9.09. The van der Waals surface area contributed by atoms with E-state index in [1.807, 2.05) is 18.5 Å². The molecule has 1 atom stereocenters. The average Bonchev–Trinajstić information content (AvgIpc) is 3.36. The molecule has 0 radical (unpaired) electrons. The minimum absolute atomic E-state index is 0.0930. The molecule has 7 nitrogen and oxygen atoms in total. The molecule has 2 aliphatic heterocycles. The van der Waals surface area contributed by atoms with Crippen molar-refractivity contribution in [2.24, 2.45) is 0 Å². The van der Waals surface area contributed by atoms with E-state index in [4.69, 9.17) is 4.42 Å². The first-order valence-corrected chi connectivity index (χ1v) is 9.63. The maximum Gasteiger partial charge on any atom is 0.237 e. The standard InChI is InChI=1S/C20H25N5O2/c1-23(18-13-22-12-15-6-10-27-20(15)18)16-4-8-24(9-5-16)14-19(26)25-7-2-3-17(25)11-21/h6,10,12-13,16-17H,2-5,7-9,14H2,1H3. The maximum atomic E-state index is 12.5. The molecule has 4 rings (SSSR count). The van der Waals surface area contributed by atoms with Crippen molar-refractivity contribution in [2.75, 3.05) is 38.1 Å². The highest BCUT2D eigenvalue weighted by Gasteiger charge is 2.31. The summed E-state index contributed by atoms with van der Waals surface area (Å²) in [7, 11) is 2.09. The summed E-state index contributed by atoms with van der Waals surface area (Å²) >= 11 is 0. The van der Waals surface area contributed by atoms with Crippen LogP contribution in [0.15, 0.2) is 29.1 Å². The summed E-state index contributed by atoms with van der Waals surface area (Å²) in [5.74, 6) is 0.0930. The molecule has 27 heavy (non-hydrogen) atoms. The highest BCUT2D eigenvalue weighted by Crippen LogP contribution is 2.29. The van der Waals surface area contributed by atoms with Crippen LogP contribution >= 0.6 is 0 Å². The van der Waals surface area contributed by atoms with Gasteiger partial charge in [0.15, 0.2) is 5.58 Å². The van der Waals surface area contributed by atoms with Crippen LogP contribution in [0.5, 0.6) is 0 Å². The van der Waals surface area contributed by atoms with Gasteiger partial charge < -0.3 is 14.2 Å². The van der Waals surface area contributed by atoms with E-state index >= 15 is 0 Å². The van der Waals surface area contributed by atoms with Gasteiger partial charge in [-0.25, -0.2) is 0 Å². The van der Waals surface area contributed by atoms with Crippen molar-refractivity contribution in [3.05, 3.63) is 24.7 Å². The molecule has 7 heteroatoms.